The molecular weight excluding hydrogens is 767 g/mol. The van der Waals surface area contributed by atoms with Crippen LogP contribution >= 0.6 is 7.82 Å². The van der Waals surface area contributed by atoms with E-state index >= 15 is 0 Å². The number of phosphoric ester groups is 1. The van der Waals surface area contributed by atoms with Gasteiger partial charge in [0.1, 0.15) is 43.2 Å². The predicted molar refractivity (Wildman–Crippen MR) is 226 cm³/mol. The minimum absolute atomic E-state index is 0.0953. The van der Waals surface area contributed by atoms with Gasteiger partial charge in [0.05, 0.1) is 6.61 Å². The van der Waals surface area contributed by atoms with Gasteiger partial charge in [-0.3, -0.25) is 18.6 Å². The standard InChI is InChI=1S/C44H79O13P/c1-3-5-7-9-11-13-15-17-19-21-22-24-26-28-30-32-37(45)54-34-36(35-55-58(52,53)57-44-42(50)40(48)39(47)41(49)43(44)51)56-38(46)33-31-29-27-25-23-20-18-16-14-12-10-8-6-4-2/h5,7,11,13,17,19,36,39-44,47-51H,3-4,6,8-10,12,14-16,18,20-35H2,1-2H3,(H,52,53)/b7-5+,13-11+,19-17+/t36-,39?,40-,41?,42?,43?,44?/m0/s1. The Labute approximate surface area is 348 Å². The van der Waals surface area contributed by atoms with Crippen molar-refractivity contribution in [1.82, 2.24) is 0 Å². The molecule has 1 rings (SSSR count). The Morgan fingerprint density at radius 1 is 0.552 bits per heavy atom. The average molecular weight is 847 g/mol. The fraction of sp³-hybridized carbons (Fsp3) is 0.818. The van der Waals surface area contributed by atoms with Gasteiger partial charge in [0.2, 0.25) is 0 Å². The van der Waals surface area contributed by atoms with Gasteiger partial charge in [-0.05, 0) is 44.9 Å². The number of esters is 2. The molecule has 14 heteroatoms. The first kappa shape index (κ1) is 54.1. The zero-order chi connectivity index (χ0) is 42.9. The lowest BCUT2D eigenvalue weighted by Gasteiger charge is -2.41. The van der Waals surface area contributed by atoms with Crippen LogP contribution in [0.2, 0.25) is 0 Å². The second-order valence-corrected chi connectivity index (χ2v) is 16.9. The van der Waals surface area contributed by atoms with Crippen LogP contribution in [0.25, 0.3) is 0 Å². The van der Waals surface area contributed by atoms with E-state index in [0.29, 0.717) is 12.8 Å². The summed E-state index contributed by atoms with van der Waals surface area (Å²) in [6.07, 6.45) is 24.9. The summed E-state index contributed by atoms with van der Waals surface area (Å²) in [6, 6.07) is 0. The molecule has 1 fully saturated rings. The maximum Gasteiger partial charge on any atom is 0.472 e. The maximum atomic E-state index is 12.8. The molecule has 1 saturated carbocycles. The lowest BCUT2D eigenvalue weighted by atomic mass is 9.85. The van der Waals surface area contributed by atoms with E-state index < -0.39 is 75.7 Å². The molecule has 0 amide bonds. The normalized spacial score (nSPS) is 22.8. The van der Waals surface area contributed by atoms with Crippen LogP contribution in [0.4, 0.5) is 0 Å². The van der Waals surface area contributed by atoms with E-state index in [2.05, 4.69) is 50.3 Å². The van der Waals surface area contributed by atoms with E-state index in [1.165, 1.54) is 57.8 Å². The van der Waals surface area contributed by atoms with Crippen LogP contribution in [-0.4, -0.2) is 98.3 Å². The third-order valence-electron chi connectivity index (χ3n) is 10.2. The van der Waals surface area contributed by atoms with Gasteiger partial charge in [-0.25, -0.2) is 4.57 Å². The number of phosphoric acid groups is 1. The van der Waals surface area contributed by atoms with Gasteiger partial charge in [0, 0.05) is 12.8 Å². The van der Waals surface area contributed by atoms with Crippen LogP contribution in [-0.2, 0) is 32.7 Å². The highest BCUT2D eigenvalue weighted by atomic mass is 31.2. The molecule has 0 aliphatic heterocycles. The summed E-state index contributed by atoms with van der Waals surface area (Å²) in [4.78, 5) is 35.6. The molecule has 6 unspecified atom stereocenters. The predicted octanol–water partition coefficient (Wildman–Crippen LogP) is 8.22. The van der Waals surface area contributed by atoms with Crippen molar-refractivity contribution in [2.24, 2.45) is 0 Å². The van der Waals surface area contributed by atoms with E-state index in [-0.39, 0.29) is 12.8 Å². The number of carbonyl (C=O) groups excluding carboxylic acids is 2. The molecule has 338 valence electrons. The Balaban J connectivity index is 2.48. The lowest BCUT2D eigenvalue weighted by molar-refractivity contribution is -0.220. The van der Waals surface area contributed by atoms with Crippen LogP contribution in [0, 0.1) is 0 Å². The molecule has 1 aliphatic carbocycles. The number of hydrogen-bond donors (Lipinski definition) is 6. The van der Waals surface area contributed by atoms with E-state index in [9.17, 15) is 44.6 Å². The highest BCUT2D eigenvalue weighted by Crippen LogP contribution is 2.47. The van der Waals surface area contributed by atoms with Crippen molar-refractivity contribution in [3.63, 3.8) is 0 Å². The number of ether oxygens (including phenoxy) is 2. The van der Waals surface area contributed by atoms with Crippen molar-refractivity contribution in [3.05, 3.63) is 36.5 Å². The fourth-order valence-electron chi connectivity index (χ4n) is 6.65. The first-order chi connectivity index (χ1) is 27.9. The van der Waals surface area contributed by atoms with Crippen molar-refractivity contribution >= 4 is 19.8 Å². The highest BCUT2D eigenvalue weighted by molar-refractivity contribution is 7.47. The first-order valence-electron chi connectivity index (χ1n) is 22.3. The number of allylic oxidation sites excluding steroid dienone is 6. The highest BCUT2D eigenvalue weighted by Gasteiger charge is 2.51. The minimum atomic E-state index is -5.12. The van der Waals surface area contributed by atoms with Gasteiger partial charge >= 0.3 is 19.8 Å². The molecule has 0 aromatic heterocycles. The maximum absolute atomic E-state index is 12.8. The van der Waals surface area contributed by atoms with Gasteiger partial charge in [0.25, 0.3) is 0 Å². The molecular formula is C44H79O13P. The van der Waals surface area contributed by atoms with Crippen molar-refractivity contribution in [3.8, 4) is 0 Å². The Morgan fingerprint density at radius 3 is 1.50 bits per heavy atom. The summed E-state index contributed by atoms with van der Waals surface area (Å²) < 4.78 is 33.5. The molecule has 0 aromatic rings. The van der Waals surface area contributed by atoms with Crippen LogP contribution < -0.4 is 0 Å². The van der Waals surface area contributed by atoms with Gasteiger partial charge < -0.3 is 39.9 Å². The van der Waals surface area contributed by atoms with Gasteiger partial charge in [-0.15, -0.1) is 0 Å². The molecule has 1 aliphatic rings. The molecule has 6 N–H and O–H groups in total. The summed E-state index contributed by atoms with van der Waals surface area (Å²) in [5.74, 6) is -1.12. The number of rotatable bonds is 36. The van der Waals surface area contributed by atoms with Crippen molar-refractivity contribution in [2.75, 3.05) is 13.2 Å². The monoisotopic (exact) mass is 847 g/mol. The van der Waals surface area contributed by atoms with Crippen LogP contribution in [0.5, 0.6) is 0 Å². The molecule has 0 aromatic carbocycles. The summed E-state index contributed by atoms with van der Waals surface area (Å²) >= 11 is 0. The molecule has 58 heavy (non-hydrogen) atoms. The van der Waals surface area contributed by atoms with Crippen LogP contribution in [0.1, 0.15) is 174 Å². The van der Waals surface area contributed by atoms with E-state index in [1.54, 1.807) is 0 Å². The van der Waals surface area contributed by atoms with Crippen molar-refractivity contribution < 1.29 is 63.1 Å². The summed E-state index contributed by atoms with van der Waals surface area (Å²) in [7, 11) is -5.12. The van der Waals surface area contributed by atoms with Gasteiger partial charge in [-0.2, -0.15) is 0 Å². The molecule has 8 atom stereocenters. The van der Waals surface area contributed by atoms with Crippen molar-refractivity contribution in [2.45, 2.75) is 217 Å². The zero-order valence-corrected chi connectivity index (χ0v) is 36.5. The zero-order valence-electron chi connectivity index (χ0n) is 35.6. The second kappa shape index (κ2) is 34.7. The third-order valence-corrected chi connectivity index (χ3v) is 11.2. The Hall–Kier alpha value is -1.93. The second-order valence-electron chi connectivity index (χ2n) is 15.5. The number of carbonyl (C=O) groups is 2. The quantitative estimate of drug-likeness (QED) is 0.0152. The topological polar surface area (TPSA) is 210 Å². The number of hydrogen-bond acceptors (Lipinski definition) is 12. The fourth-order valence-corrected chi connectivity index (χ4v) is 7.63. The molecule has 13 nitrogen and oxygen atoms in total. The van der Waals surface area contributed by atoms with Crippen molar-refractivity contribution in [1.29, 1.82) is 0 Å². The minimum Gasteiger partial charge on any atom is -0.462 e. The first-order valence-corrected chi connectivity index (χ1v) is 23.8. The smallest absolute Gasteiger partial charge is 0.462 e. The molecule has 0 heterocycles. The Bertz CT molecular complexity index is 1160. The third kappa shape index (κ3) is 27.0. The number of aliphatic hydroxyl groups excluding tert-OH is 5. The Kier molecular flexibility index (Phi) is 32.4. The molecule has 0 bridgehead atoms. The van der Waals surface area contributed by atoms with Gasteiger partial charge in [-0.1, -0.05) is 153 Å². The molecule has 0 spiro atoms. The summed E-state index contributed by atoms with van der Waals surface area (Å²) in [5, 5.41) is 50.1. The summed E-state index contributed by atoms with van der Waals surface area (Å²) in [6.45, 7) is 3.17. The lowest BCUT2D eigenvalue weighted by Crippen LogP contribution is -2.64. The number of unbranched alkanes of at least 4 members (excludes halogenated alkanes) is 18. The van der Waals surface area contributed by atoms with Gasteiger partial charge in [0.15, 0.2) is 6.10 Å². The van der Waals surface area contributed by atoms with E-state index in [4.69, 9.17) is 18.5 Å². The SMILES string of the molecule is CC/C=C/C/C=C/C/C=C/CCCCCCCC(=O)OC[C@@H](COP(=O)(O)OC1C(O)C(O)C(O)[C@H](O)C1O)OC(=O)CCCCCCCCCCCCCCCC. The summed E-state index contributed by atoms with van der Waals surface area (Å²) in [5.41, 5.74) is 0. The van der Waals surface area contributed by atoms with Crippen LogP contribution in [0.3, 0.4) is 0 Å². The number of aliphatic hydroxyl groups is 5. The Morgan fingerprint density at radius 2 is 0.983 bits per heavy atom. The average Bonchev–Trinajstić information content (AvgIpc) is 3.20. The van der Waals surface area contributed by atoms with Crippen LogP contribution in [0.15, 0.2) is 36.5 Å². The van der Waals surface area contributed by atoms with E-state index in [1.807, 2.05) is 0 Å². The van der Waals surface area contributed by atoms with E-state index in [0.717, 1.165) is 77.0 Å². The largest absolute Gasteiger partial charge is 0.472 e. The molecule has 0 saturated heterocycles. The molecule has 0 radical (unpaired) electrons.